The van der Waals surface area contributed by atoms with Gasteiger partial charge in [-0.3, -0.25) is 4.72 Å². The third kappa shape index (κ3) is 4.18. The Morgan fingerprint density at radius 3 is 2.95 bits per heavy atom. The van der Waals surface area contributed by atoms with E-state index in [1.54, 1.807) is 0 Å². The maximum Gasteiger partial charge on any atom is 0.237 e. The second-order valence-corrected chi connectivity index (χ2v) is 7.26. The Bertz CT molecular complexity index is 594. The van der Waals surface area contributed by atoms with E-state index >= 15 is 0 Å². The standard InChI is InChI=1S/C12H16N2O4S2/c15-6-2-1-3-10-9-13-12(19-10)14-20(16,17)11-4-7-18-8-5-11/h9,11,15H,2,4-8H2,(H,13,14). The van der Waals surface area contributed by atoms with Crippen LogP contribution < -0.4 is 4.72 Å². The molecule has 0 aromatic carbocycles. The van der Waals surface area contributed by atoms with Gasteiger partial charge in [0.05, 0.1) is 22.9 Å². The highest BCUT2D eigenvalue weighted by Gasteiger charge is 2.28. The van der Waals surface area contributed by atoms with E-state index in [0.717, 1.165) is 0 Å². The molecule has 0 atom stereocenters. The fourth-order valence-corrected chi connectivity index (χ4v) is 4.11. The predicted octanol–water partition coefficient (Wildman–Crippen LogP) is 0.798. The molecule has 2 N–H and O–H groups in total. The van der Waals surface area contributed by atoms with Crippen LogP contribution in [0.25, 0.3) is 0 Å². The lowest BCUT2D eigenvalue weighted by molar-refractivity contribution is 0.0984. The second-order valence-electron chi connectivity index (χ2n) is 4.26. The molecule has 1 aliphatic rings. The second kappa shape index (κ2) is 7.04. The molecule has 1 aromatic heterocycles. The van der Waals surface area contributed by atoms with Crippen LogP contribution in [0.1, 0.15) is 24.1 Å². The summed E-state index contributed by atoms with van der Waals surface area (Å²) in [6.07, 6.45) is 2.92. The molecule has 8 heteroatoms. The van der Waals surface area contributed by atoms with Crippen molar-refractivity contribution in [2.45, 2.75) is 24.5 Å². The lowest BCUT2D eigenvalue weighted by Gasteiger charge is -2.21. The quantitative estimate of drug-likeness (QED) is 0.802. The van der Waals surface area contributed by atoms with Crippen molar-refractivity contribution in [3.8, 4) is 11.8 Å². The van der Waals surface area contributed by atoms with Gasteiger partial charge in [-0.05, 0) is 12.8 Å². The minimum absolute atomic E-state index is 0.00897. The van der Waals surface area contributed by atoms with Gasteiger partial charge in [0.2, 0.25) is 10.0 Å². The third-order valence-electron chi connectivity index (χ3n) is 2.79. The molecule has 0 unspecified atom stereocenters. The van der Waals surface area contributed by atoms with Crippen molar-refractivity contribution in [2.75, 3.05) is 24.5 Å². The van der Waals surface area contributed by atoms with Crippen molar-refractivity contribution >= 4 is 26.5 Å². The average Bonchev–Trinajstić information content (AvgIpc) is 2.87. The normalized spacial score (nSPS) is 16.4. The number of aliphatic hydroxyl groups is 1. The molecular formula is C12H16N2O4S2. The van der Waals surface area contributed by atoms with Crippen molar-refractivity contribution < 1.29 is 18.3 Å². The zero-order valence-electron chi connectivity index (χ0n) is 10.8. The first-order valence-electron chi connectivity index (χ1n) is 6.27. The summed E-state index contributed by atoms with van der Waals surface area (Å²) in [4.78, 5) is 4.68. The minimum Gasteiger partial charge on any atom is -0.395 e. The molecule has 2 rings (SSSR count). The van der Waals surface area contributed by atoms with Crippen LogP contribution >= 0.6 is 11.3 Å². The van der Waals surface area contributed by atoms with Crippen LogP contribution in [0.15, 0.2) is 6.20 Å². The summed E-state index contributed by atoms with van der Waals surface area (Å²) >= 11 is 1.19. The van der Waals surface area contributed by atoms with E-state index in [9.17, 15) is 8.42 Å². The van der Waals surface area contributed by atoms with E-state index in [1.165, 1.54) is 17.5 Å². The Hall–Kier alpha value is -1.14. The lowest BCUT2D eigenvalue weighted by Crippen LogP contribution is -2.33. The number of hydrogen-bond acceptors (Lipinski definition) is 6. The van der Waals surface area contributed by atoms with E-state index in [1.807, 2.05) is 0 Å². The molecule has 0 radical (unpaired) electrons. The van der Waals surface area contributed by atoms with Crippen molar-refractivity contribution in [1.82, 2.24) is 4.98 Å². The van der Waals surface area contributed by atoms with Gasteiger partial charge < -0.3 is 9.84 Å². The number of rotatable bonds is 4. The molecule has 110 valence electrons. The van der Waals surface area contributed by atoms with Crippen molar-refractivity contribution in [2.24, 2.45) is 0 Å². The fourth-order valence-electron chi connectivity index (χ4n) is 1.78. The van der Waals surface area contributed by atoms with Gasteiger partial charge in [0, 0.05) is 19.6 Å². The molecule has 20 heavy (non-hydrogen) atoms. The summed E-state index contributed by atoms with van der Waals surface area (Å²) in [6, 6.07) is 0. The number of aliphatic hydroxyl groups excluding tert-OH is 1. The van der Waals surface area contributed by atoms with Gasteiger partial charge in [0.1, 0.15) is 0 Å². The van der Waals surface area contributed by atoms with E-state index in [0.29, 0.717) is 42.5 Å². The Kier molecular flexibility index (Phi) is 5.37. The van der Waals surface area contributed by atoms with Crippen molar-refractivity contribution in [3.63, 3.8) is 0 Å². The lowest BCUT2D eigenvalue weighted by atomic mass is 10.2. The first kappa shape index (κ1) is 15.3. The zero-order valence-corrected chi connectivity index (χ0v) is 12.5. The molecule has 1 aromatic rings. The Labute approximate surface area is 122 Å². The van der Waals surface area contributed by atoms with Gasteiger partial charge in [-0.25, -0.2) is 13.4 Å². The van der Waals surface area contributed by atoms with E-state index in [2.05, 4.69) is 21.5 Å². The summed E-state index contributed by atoms with van der Waals surface area (Å²) in [5, 5.41) is 8.53. The van der Waals surface area contributed by atoms with Crippen LogP contribution in [0.3, 0.4) is 0 Å². The number of hydrogen-bond donors (Lipinski definition) is 2. The average molecular weight is 316 g/mol. The summed E-state index contributed by atoms with van der Waals surface area (Å²) in [5.41, 5.74) is 0. The highest BCUT2D eigenvalue weighted by Crippen LogP contribution is 2.22. The molecule has 0 aliphatic carbocycles. The van der Waals surface area contributed by atoms with Gasteiger partial charge in [-0.15, -0.1) is 0 Å². The number of aromatic nitrogens is 1. The number of ether oxygens (including phenoxy) is 1. The summed E-state index contributed by atoms with van der Waals surface area (Å²) in [7, 11) is -3.42. The topological polar surface area (TPSA) is 88.5 Å². The van der Waals surface area contributed by atoms with Crippen LogP contribution in [-0.2, 0) is 14.8 Å². The fraction of sp³-hybridized carbons (Fsp3) is 0.583. The van der Waals surface area contributed by atoms with E-state index in [-0.39, 0.29) is 6.61 Å². The highest BCUT2D eigenvalue weighted by molar-refractivity contribution is 7.93. The molecular weight excluding hydrogens is 300 g/mol. The molecule has 1 aliphatic heterocycles. The number of sulfonamides is 1. The minimum atomic E-state index is -3.42. The number of nitrogens with one attached hydrogen (secondary N) is 1. The van der Waals surface area contributed by atoms with Crippen LogP contribution in [0, 0.1) is 11.8 Å². The van der Waals surface area contributed by atoms with Gasteiger partial charge >= 0.3 is 0 Å². The van der Waals surface area contributed by atoms with Gasteiger partial charge in [-0.1, -0.05) is 23.2 Å². The Morgan fingerprint density at radius 2 is 2.25 bits per heavy atom. The van der Waals surface area contributed by atoms with Crippen LogP contribution in [0.2, 0.25) is 0 Å². The Balaban J connectivity index is 2.01. The Morgan fingerprint density at radius 1 is 1.50 bits per heavy atom. The first-order chi connectivity index (χ1) is 9.62. The molecule has 0 spiro atoms. The maximum atomic E-state index is 12.2. The molecule has 1 saturated heterocycles. The molecule has 1 fully saturated rings. The summed E-state index contributed by atoms with van der Waals surface area (Å²) in [6.45, 7) is 0.956. The third-order valence-corrected chi connectivity index (χ3v) is 5.58. The molecule has 0 amide bonds. The zero-order chi connectivity index (χ0) is 14.4. The number of anilines is 1. The molecule has 0 bridgehead atoms. The molecule has 0 saturated carbocycles. The van der Waals surface area contributed by atoms with Gasteiger partial charge in [-0.2, -0.15) is 0 Å². The van der Waals surface area contributed by atoms with Gasteiger partial charge in [0.25, 0.3) is 0 Å². The van der Waals surface area contributed by atoms with E-state index in [4.69, 9.17) is 9.84 Å². The summed E-state index contributed by atoms with van der Waals surface area (Å²) < 4.78 is 32.0. The maximum absolute atomic E-state index is 12.2. The van der Waals surface area contributed by atoms with E-state index < -0.39 is 15.3 Å². The van der Waals surface area contributed by atoms with Crippen molar-refractivity contribution in [1.29, 1.82) is 0 Å². The van der Waals surface area contributed by atoms with Gasteiger partial charge in [0.15, 0.2) is 5.13 Å². The number of nitrogens with zero attached hydrogens (tertiary/aromatic N) is 1. The first-order valence-corrected chi connectivity index (χ1v) is 8.63. The molecule has 6 nitrogen and oxygen atoms in total. The summed E-state index contributed by atoms with van der Waals surface area (Å²) in [5.74, 6) is 5.59. The largest absolute Gasteiger partial charge is 0.395 e. The van der Waals surface area contributed by atoms with Crippen molar-refractivity contribution in [3.05, 3.63) is 11.1 Å². The monoisotopic (exact) mass is 316 g/mol. The SMILES string of the molecule is O=S(=O)(Nc1ncc(C#CCCO)s1)C1CCOCC1. The van der Waals surface area contributed by atoms with Crippen LogP contribution in [0.4, 0.5) is 5.13 Å². The molecule has 2 heterocycles. The number of thiazole rings is 1. The van der Waals surface area contributed by atoms with Crippen LogP contribution in [0.5, 0.6) is 0 Å². The smallest absolute Gasteiger partial charge is 0.237 e. The predicted molar refractivity (Wildman–Crippen MR) is 77.1 cm³/mol. The van der Waals surface area contributed by atoms with Crippen LogP contribution in [-0.4, -0.2) is 43.6 Å². The highest BCUT2D eigenvalue weighted by atomic mass is 32.2.